The van der Waals surface area contributed by atoms with Crippen molar-refractivity contribution in [3.05, 3.63) is 58.7 Å². The number of aliphatic hydroxyl groups excluding tert-OH is 1. The molecule has 1 atom stereocenters. The van der Waals surface area contributed by atoms with Gasteiger partial charge in [-0.2, -0.15) is 0 Å². The van der Waals surface area contributed by atoms with Crippen molar-refractivity contribution in [2.24, 2.45) is 5.92 Å². The molecule has 0 saturated carbocycles. The largest absolute Gasteiger partial charge is 0.493 e. The van der Waals surface area contributed by atoms with Gasteiger partial charge in [-0.15, -0.1) is 12.4 Å². The Labute approximate surface area is 194 Å². The van der Waals surface area contributed by atoms with Crippen LogP contribution in [0.1, 0.15) is 46.3 Å². The predicted octanol–water partition coefficient (Wildman–Crippen LogP) is 4.37. The molecule has 7 heteroatoms. The van der Waals surface area contributed by atoms with Crippen molar-refractivity contribution in [3.8, 4) is 11.5 Å². The van der Waals surface area contributed by atoms with E-state index in [1.54, 1.807) is 12.1 Å². The van der Waals surface area contributed by atoms with Crippen LogP contribution in [0.3, 0.4) is 0 Å². The quantitative estimate of drug-likeness (QED) is 0.660. The zero-order chi connectivity index (χ0) is 22.0. The average Bonchev–Trinajstić information content (AvgIpc) is 3.03. The van der Waals surface area contributed by atoms with E-state index in [4.69, 9.17) is 9.47 Å². The number of nitrogens with zero attached hydrogens (tertiary/aromatic N) is 1. The highest BCUT2D eigenvalue weighted by Crippen LogP contribution is 2.43. The van der Waals surface area contributed by atoms with E-state index in [-0.39, 0.29) is 37.8 Å². The molecule has 0 amide bonds. The number of halogens is 2. The zero-order valence-electron chi connectivity index (χ0n) is 18.6. The summed E-state index contributed by atoms with van der Waals surface area (Å²) in [7, 11) is 3.05. The fraction of sp³-hybridized carbons (Fsp3) is 0.480. The summed E-state index contributed by atoms with van der Waals surface area (Å²) in [5, 5.41) is 9.54. The second-order valence-electron chi connectivity index (χ2n) is 8.69. The number of methoxy groups -OCH3 is 2. The maximum atomic E-state index is 15.8. The number of rotatable bonds is 7. The summed E-state index contributed by atoms with van der Waals surface area (Å²) in [6, 6.07) is 11.3. The van der Waals surface area contributed by atoms with Gasteiger partial charge in [0.05, 0.1) is 20.8 Å². The van der Waals surface area contributed by atoms with E-state index in [1.165, 1.54) is 14.2 Å². The molecule has 1 saturated heterocycles. The number of carbonyl (C=O) groups excluding carboxylic acids is 1. The van der Waals surface area contributed by atoms with Gasteiger partial charge in [0.25, 0.3) is 0 Å². The van der Waals surface area contributed by atoms with Gasteiger partial charge in [0.1, 0.15) is 0 Å². The lowest BCUT2D eigenvalue weighted by atomic mass is 9.83. The summed E-state index contributed by atoms with van der Waals surface area (Å²) < 4.78 is 26.4. The summed E-state index contributed by atoms with van der Waals surface area (Å²) in [6.45, 7) is 2.55. The molecule has 1 N–H and O–H groups in total. The summed E-state index contributed by atoms with van der Waals surface area (Å²) >= 11 is 0. The van der Waals surface area contributed by atoms with Crippen LogP contribution in [0.4, 0.5) is 4.39 Å². The third kappa shape index (κ3) is 4.77. The Morgan fingerprint density at radius 2 is 1.72 bits per heavy atom. The Balaban J connectivity index is 0.00000289. The van der Waals surface area contributed by atoms with E-state index in [2.05, 4.69) is 4.90 Å². The van der Waals surface area contributed by atoms with Gasteiger partial charge in [0, 0.05) is 18.5 Å². The summed E-state index contributed by atoms with van der Waals surface area (Å²) in [4.78, 5) is 15.3. The van der Waals surface area contributed by atoms with Gasteiger partial charge >= 0.3 is 0 Å². The highest BCUT2D eigenvalue weighted by atomic mass is 35.5. The van der Waals surface area contributed by atoms with Gasteiger partial charge < -0.3 is 14.6 Å². The SMILES string of the molecule is COc1cc2c(cc1OC)C(=O)C(F)(CC1CCN(Cc3ccccc3CO)CC1)C2.Cl. The third-order valence-electron chi connectivity index (χ3n) is 6.73. The van der Waals surface area contributed by atoms with Gasteiger partial charge in [0.2, 0.25) is 5.78 Å². The highest BCUT2D eigenvalue weighted by Gasteiger charge is 2.48. The number of Topliss-reactive ketones (excluding diaryl/α,β-unsaturated/α-hetero) is 1. The first-order chi connectivity index (χ1) is 15.0. The lowest BCUT2D eigenvalue weighted by Gasteiger charge is -2.34. The second kappa shape index (κ2) is 10.2. The molecule has 2 aromatic rings. The van der Waals surface area contributed by atoms with Crippen molar-refractivity contribution in [2.75, 3.05) is 27.3 Å². The zero-order valence-corrected chi connectivity index (χ0v) is 19.4. The molecule has 1 unspecified atom stereocenters. The molecule has 1 fully saturated rings. The molecule has 1 heterocycles. The van der Waals surface area contributed by atoms with Crippen LogP contribution >= 0.6 is 12.4 Å². The van der Waals surface area contributed by atoms with Crippen LogP contribution in [0.15, 0.2) is 36.4 Å². The number of piperidine rings is 1. The van der Waals surface area contributed by atoms with Crippen molar-refractivity contribution < 1.29 is 23.8 Å². The third-order valence-corrected chi connectivity index (χ3v) is 6.73. The Bertz CT molecular complexity index is 961. The molecule has 174 valence electrons. The number of ketones is 1. The molecule has 1 aliphatic heterocycles. The van der Waals surface area contributed by atoms with Crippen LogP contribution in [0.25, 0.3) is 0 Å². The van der Waals surface area contributed by atoms with Crippen LogP contribution in [-0.4, -0.2) is 48.8 Å². The van der Waals surface area contributed by atoms with E-state index >= 15 is 4.39 Å². The van der Waals surface area contributed by atoms with E-state index in [0.29, 0.717) is 22.6 Å². The number of hydrogen-bond donors (Lipinski definition) is 1. The summed E-state index contributed by atoms with van der Waals surface area (Å²) in [6.07, 6.45) is 2.09. The molecular formula is C25H31ClFNO4. The Morgan fingerprint density at radius 1 is 1.09 bits per heavy atom. The van der Waals surface area contributed by atoms with Crippen LogP contribution in [-0.2, 0) is 19.6 Å². The minimum atomic E-state index is -1.85. The number of fused-ring (bicyclic) bond motifs is 1. The topological polar surface area (TPSA) is 59.0 Å². The Kier molecular flexibility index (Phi) is 7.80. The maximum absolute atomic E-state index is 15.8. The minimum absolute atomic E-state index is 0. The number of alkyl halides is 1. The monoisotopic (exact) mass is 463 g/mol. The standard InChI is InChI=1S/C25H30FNO4.ClH/c1-30-22-11-20-14-25(26,24(29)21(20)12-23(22)31-2)13-17-7-9-27(10-8-17)15-18-5-3-4-6-19(18)16-28;/h3-6,11-12,17,28H,7-10,13-16H2,1-2H3;1H. The summed E-state index contributed by atoms with van der Waals surface area (Å²) in [5.74, 6) is 0.726. The average molecular weight is 464 g/mol. The Hall–Kier alpha value is -2.15. The summed E-state index contributed by atoms with van der Waals surface area (Å²) in [5.41, 5.74) is 1.35. The maximum Gasteiger partial charge on any atom is 0.200 e. The van der Waals surface area contributed by atoms with Gasteiger partial charge in [-0.3, -0.25) is 9.69 Å². The van der Waals surface area contributed by atoms with Gasteiger partial charge in [-0.05, 0) is 67.1 Å². The van der Waals surface area contributed by atoms with E-state index in [1.807, 2.05) is 24.3 Å². The molecule has 0 spiro atoms. The lowest BCUT2D eigenvalue weighted by molar-refractivity contribution is 0.0587. The molecule has 2 aromatic carbocycles. The molecule has 4 rings (SSSR count). The van der Waals surface area contributed by atoms with Crippen LogP contribution in [0.2, 0.25) is 0 Å². The van der Waals surface area contributed by atoms with Gasteiger partial charge in [-0.1, -0.05) is 24.3 Å². The van der Waals surface area contributed by atoms with Crippen molar-refractivity contribution >= 4 is 18.2 Å². The molecular weight excluding hydrogens is 433 g/mol. The second-order valence-corrected chi connectivity index (χ2v) is 8.69. The predicted molar refractivity (Wildman–Crippen MR) is 124 cm³/mol. The normalized spacial score (nSPS) is 21.2. The minimum Gasteiger partial charge on any atom is -0.493 e. The van der Waals surface area contributed by atoms with Crippen molar-refractivity contribution in [1.82, 2.24) is 4.90 Å². The number of ether oxygens (including phenoxy) is 2. The number of likely N-dealkylation sites (tertiary alicyclic amines) is 1. The first-order valence-corrected chi connectivity index (χ1v) is 10.9. The van der Waals surface area contributed by atoms with Crippen molar-refractivity contribution in [1.29, 1.82) is 0 Å². The molecule has 2 aliphatic rings. The lowest BCUT2D eigenvalue weighted by Crippen LogP contribution is -2.39. The first-order valence-electron chi connectivity index (χ1n) is 10.9. The van der Waals surface area contributed by atoms with Crippen molar-refractivity contribution in [3.63, 3.8) is 0 Å². The van der Waals surface area contributed by atoms with Crippen LogP contribution in [0, 0.1) is 5.92 Å². The number of benzene rings is 2. The van der Waals surface area contributed by atoms with Crippen LogP contribution < -0.4 is 9.47 Å². The molecule has 0 aromatic heterocycles. The molecule has 0 radical (unpaired) electrons. The van der Waals surface area contributed by atoms with Crippen molar-refractivity contribution in [2.45, 2.75) is 44.5 Å². The smallest absolute Gasteiger partial charge is 0.200 e. The highest BCUT2D eigenvalue weighted by molar-refractivity contribution is 6.07. The fourth-order valence-corrected chi connectivity index (χ4v) is 4.98. The van der Waals surface area contributed by atoms with E-state index in [9.17, 15) is 9.90 Å². The van der Waals surface area contributed by atoms with E-state index < -0.39 is 11.5 Å². The molecule has 32 heavy (non-hydrogen) atoms. The van der Waals surface area contributed by atoms with Gasteiger partial charge in [-0.25, -0.2) is 4.39 Å². The number of aliphatic hydroxyl groups is 1. The molecule has 0 bridgehead atoms. The first kappa shape index (κ1) is 24.5. The fourth-order valence-electron chi connectivity index (χ4n) is 4.98. The molecule has 1 aliphatic carbocycles. The number of carbonyl (C=O) groups is 1. The number of hydrogen-bond acceptors (Lipinski definition) is 5. The van der Waals surface area contributed by atoms with E-state index in [0.717, 1.165) is 43.6 Å². The molecule has 5 nitrogen and oxygen atoms in total. The van der Waals surface area contributed by atoms with Crippen LogP contribution in [0.5, 0.6) is 11.5 Å². The Morgan fingerprint density at radius 3 is 2.34 bits per heavy atom. The van der Waals surface area contributed by atoms with Gasteiger partial charge in [0.15, 0.2) is 17.2 Å².